The van der Waals surface area contributed by atoms with Crippen molar-refractivity contribution < 1.29 is 4.74 Å². The molecule has 0 atom stereocenters. The van der Waals surface area contributed by atoms with Crippen molar-refractivity contribution in [3.8, 4) is 0 Å². The van der Waals surface area contributed by atoms with E-state index in [0.717, 1.165) is 11.1 Å². The van der Waals surface area contributed by atoms with Gasteiger partial charge in [0, 0.05) is 6.21 Å². The minimum atomic E-state index is 0.770. The second-order valence-corrected chi connectivity index (χ2v) is 2.30. The Balaban J connectivity index is 4.95. The van der Waals surface area contributed by atoms with Crippen LogP contribution in [0.5, 0.6) is 0 Å². The predicted molar refractivity (Wildman–Crippen MR) is 57.0 cm³/mol. The van der Waals surface area contributed by atoms with E-state index in [-0.39, 0.29) is 0 Å². The predicted octanol–water partition coefficient (Wildman–Crippen LogP) is 2.85. The highest BCUT2D eigenvalue weighted by Gasteiger charge is 1.92. The van der Waals surface area contributed by atoms with Gasteiger partial charge in [0.15, 0.2) is 0 Å². The molecule has 1 N–H and O–H groups in total. The van der Waals surface area contributed by atoms with Gasteiger partial charge in [0.25, 0.3) is 0 Å². The second-order valence-electron chi connectivity index (χ2n) is 2.30. The van der Waals surface area contributed by atoms with Gasteiger partial charge in [0.05, 0.1) is 13.4 Å². The number of hydrogen-bond acceptors (Lipinski definition) is 2. The molecule has 0 saturated carbocycles. The highest BCUT2D eigenvalue weighted by Crippen LogP contribution is 2.07. The van der Waals surface area contributed by atoms with Crippen LogP contribution in [0.15, 0.2) is 48.3 Å². The monoisotopic (exact) mass is 177 g/mol. The Morgan fingerprint density at radius 1 is 1.31 bits per heavy atom. The van der Waals surface area contributed by atoms with Gasteiger partial charge < -0.3 is 10.1 Å². The molecule has 2 nitrogen and oxygen atoms in total. The van der Waals surface area contributed by atoms with Crippen molar-refractivity contribution in [3.63, 3.8) is 0 Å². The molecule has 0 aliphatic rings. The molecule has 0 saturated heterocycles. The van der Waals surface area contributed by atoms with Gasteiger partial charge >= 0.3 is 0 Å². The van der Waals surface area contributed by atoms with Crippen molar-refractivity contribution in [1.29, 1.82) is 5.41 Å². The van der Waals surface area contributed by atoms with Gasteiger partial charge in [0.2, 0.25) is 0 Å². The molecule has 0 aromatic rings. The molecule has 0 spiro atoms. The molecule has 0 heterocycles. The molecule has 0 aromatic heterocycles. The van der Waals surface area contributed by atoms with Gasteiger partial charge in [-0.05, 0) is 24.1 Å². The van der Waals surface area contributed by atoms with Crippen LogP contribution in [0.3, 0.4) is 0 Å². The fraction of sp³-hybridized carbons (Fsp3) is 0.182. The Labute approximate surface area is 79.4 Å². The molecule has 2 heteroatoms. The first kappa shape index (κ1) is 11.4. The van der Waals surface area contributed by atoms with E-state index >= 15 is 0 Å². The van der Waals surface area contributed by atoms with E-state index in [1.165, 1.54) is 6.21 Å². The number of hydrogen-bond donors (Lipinski definition) is 1. The van der Waals surface area contributed by atoms with Crippen LogP contribution in [-0.4, -0.2) is 13.3 Å². The molecule has 70 valence electrons. The zero-order valence-corrected chi connectivity index (χ0v) is 8.08. The van der Waals surface area contributed by atoms with Gasteiger partial charge in [-0.3, -0.25) is 0 Å². The maximum Gasteiger partial charge on any atom is 0.0830 e. The number of rotatable bonds is 5. The van der Waals surface area contributed by atoms with E-state index in [4.69, 9.17) is 10.1 Å². The van der Waals surface area contributed by atoms with Crippen LogP contribution in [0.2, 0.25) is 0 Å². The Morgan fingerprint density at radius 2 is 2.00 bits per heavy atom. The van der Waals surface area contributed by atoms with Gasteiger partial charge in [-0.2, -0.15) is 0 Å². The van der Waals surface area contributed by atoms with E-state index in [2.05, 4.69) is 6.58 Å². The van der Waals surface area contributed by atoms with Gasteiger partial charge in [-0.15, -0.1) is 0 Å². The van der Waals surface area contributed by atoms with Crippen molar-refractivity contribution in [1.82, 2.24) is 0 Å². The lowest BCUT2D eigenvalue weighted by molar-refractivity contribution is 0.338. The summed E-state index contributed by atoms with van der Waals surface area (Å²) in [5.74, 6) is 0. The molecule has 0 amide bonds. The molecule has 0 aromatic carbocycles. The minimum absolute atomic E-state index is 0.770. The van der Waals surface area contributed by atoms with Crippen LogP contribution in [0.4, 0.5) is 0 Å². The van der Waals surface area contributed by atoms with Crippen LogP contribution in [0, 0.1) is 5.41 Å². The quantitative estimate of drug-likeness (QED) is 0.391. The SMILES string of the molecule is C=C/C(C=N)=C(/C=C\C)\C=C\OC. The molecule has 0 rings (SSSR count). The summed E-state index contributed by atoms with van der Waals surface area (Å²) in [6.07, 6.45) is 10.1. The van der Waals surface area contributed by atoms with Crippen molar-refractivity contribution in [2.45, 2.75) is 6.92 Å². The normalized spacial score (nSPS) is 13.1. The minimum Gasteiger partial charge on any atom is -0.504 e. The van der Waals surface area contributed by atoms with E-state index in [1.807, 2.05) is 19.1 Å². The summed E-state index contributed by atoms with van der Waals surface area (Å²) in [7, 11) is 1.59. The highest BCUT2D eigenvalue weighted by molar-refractivity contribution is 5.82. The molecule has 0 bridgehead atoms. The van der Waals surface area contributed by atoms with Crippen molar-refractivity contribution >= 4 is 6.21 Å². The Kier molecular flexibility index (Phi) is 6.24. The van der Waals surface area contributed by atoms with Crippen LogP contribution in [-0.2, 0) is 4.74 Å². The first-order chi connectivity index (χ1) is 6.29. The van der Waals surface area contributed by atoms with Crippen molar-refractivity contribution in [2.24, 2.45) is 0 Å². The molecule has 0 aliphatic heterocycles. The largest absolute Gasteiger partial charge is 0.504 e. The van der Waals surface area contributed by atoms with E-state index in [0.29, 0.717) is 0 Å². The first-order valence-corrected chi connectivity index (χ1v) is 3.99. The van der Waals surface area contributed by atoms with Crippen molar-refractivity contribution in [3.05, 3.63) is 48.3 Å². The van der Waals surface area contributed by atoms with Crippen LogP contribution >= 0.6 is 0 Å². The first-order valence-electron chi connectivity index (χ1n) is 3.99. The summed E-state index contributed by atoms with van der Waals surface area (Å²) >= 11 is 0. The average molecular weight is 177 g/mol. The number of ether oxygens (including phenoxy) is 1. The van der Waals surface area contributed by atoms with Crippen LogP contribution < -0.4 is 0 Å². The van der Waals surface area contributed by atoms with E-state index in [9.17, 15) is 0 Å². The number of methoxy groups -OCH3 is 1. The fourth-order valence-corrected chi connectivity index (χ4v) is 0.829. The summed E-state index contributed by atoms with van der Waals surface area (Å²) in [5, 5.41) is 7.14. The summed E-state index contributed by atoms with van der Waals surface area (Å²) in [6, 6.07) is 0. The van der Waals surface area contributed by atoms with E-state index in [1.54, 1.807) is 25.5 Å². The maximum atomic E-state index is 7.14. The van der Waals surface area contributed by atoms with Gasteiger partial charge in [-0.25, -0.2) is 0 Å². The van der Waals surface area contributed by atoms with Crippen LogP contribution in [0.1, 0.15) is 6.92 Å². The highest BCUT2D eigenvalue weighted by atomic mass is 16.5. The molecule has 0 unspecified atom stereocenters. The van der Waals surface area contributed by atoms with Gasteiger partial charge in [0.1, 0.15) is 0 Å². The average Bonchev–Trinajstić information content (AvgIpc) is 2.16. The number of nitrogens with one attached hydrogen (secondary N) is 1. The standard InChI is InChI=1S/C11H15NO/c1-4-6-11(7-8-13-3)10(5-2)9-12/h4-9,12H,2H2,1,3H3/b6-4-,8-7+,11-10+,12-9?. The van der Waals surface area contributed by atoms with Crippen molar-refractivity contribution in [2.75, 3.05) is 7.11 Å². The summed E-state index contributed by atoms with van der Waals surface area (Å²) in [5.41, 5.74) is 1.68. The molecule has 13 heavy (non-hydrogen) atoms. The summed E-state index contributed by atoms with van der Waals surface area (Å²) < 4.78 is 4.80. The molecule has 0 fully saturated rings. The Hall–Kier alpha value is -1.57. The zero-order valence-electron chi connectivity index (χ0n) is 8.08. The maximum absolute atomic E-state index is 7.14. The third-order valence-electron chi connectivity index (χ3n) is 1.44. The van der Waals surface area contributed by atoms with E-state index < -0.39 is 0 Å². The summed E-state index contributed by atoms with van der Waals surface area (Å²) in [4.78, 5) is 0. The third kappa shape index (κ3) is 4.11. The lowest BCUT2D eigenvalue weighted by Gasteiger charge is -1.97. The second kappa shape index (κ2) is 7.10. The fourth-order valence-electron chi connectivity index (χ4n) is 0.829. The Morgan fingerprint density at radius 3 is 2.38 bits per heavy atom. The Bertz CT molecular complexity index is 249. The lowest BCUT2D eigenvalue weighted by Crippen LogP contribution is -1.84. The third-order valence-corrected chi connectivity index (χ3v) is 1.44. The molecular weight excluding hydrogens is 162 g/mol. The topological polar surface area (TPSA) is 33.1 Å². The zero-order chi connectivity index (χ0) is 10.1. The number of allylic oxidation sites excluding steroid dienone is 6. The molecule has 0 aliphatic carbocycles. The van der Waals surface area contributed by atoms with Gasteiger partial charge in [-0.1, -0.05) is 24.8 Å². The smallest absolute Gasteiger partial charge is 0.0830 e. The van der Waals surface area contributed by atoms with Crippen LogP contribution in [0.25, 0.3) is 0 Å². The lowest BCUT2D eigenvalue weighted by atomic mass is 10.1. The summed E-state index contributed by atoms with van der Waals surface area (Å²) in [6.45, 7) is 5.55. The molecular formula is C11H15NO. The molecule has 0 radical (unpaired) electrons.